The van der Waals surface area contributed by atoms with Crippen molar-refractivity contribution in [1.82, 2.24) is 10.3 Å². The van der Waals surface area contributed by atoms with Crippen LogP contribution in [0.3, 0.4) is 0 Å². The average Bonchev–Trinajstić information content (AvgIpc) is 3.26. The molecule has 8 heteroatoms. The number of thiazole rings is 1. The van der Waals surface area contributed by atoms with Gasteiger partial charge in [0.25, 0.3) is 0 Å². The second-order valence-electron chi connectivity index (χ2n) is 6.49. The molecular formula is C18H19FN4O2S. The maximum absolute atomic E-state index is 14.6. The molecule has 0 unspecified atom stereocenters. The first-order chi connectivity index (χ1) is 12.6. The van der Waals surface area contributed by atoms with Crippen LogP contribution in [-0.4, -0.2) is 29.9 Å². The lowest BCUT2D eigenvalue weighted by atomic mass is 9.99. The first-order valence-electron chi connectivity index (χ1n) is 8.67. The zero-order valence-corrected chi connectivity index (χ0v) is 15.0. The Bertz CT molecular complexity index is 867. The molecule has 26 heavy (non-hydrogen) atoms. The minimum atomic E-state index is -0.348. The van der Waals surface area contributed by atoms with Gasteiger partial charge in [-0.2, -0.15) is 0 Å². The average molecular weight is 374 g/mol. The number of carbonyl (C=O) groups excluding carboxylic acids is 2. The summed E-state index contributed by atoms with van der Waals surface area (Å²) < 4.78 is 14.6. The number of benzene rings is 1. The smallest absolute Gasteiger partial charge is 0.230 e. The van der Waals surface area contributed by atoms with Gasteiger partial charge in [0.15, 0.2) is 5.13 Å². The predicted octanol–water partition coefficient (Wildman–Crippen LogP) is 2.24. The van der Waals surface area contributed by atoms with E-state index in [1.807, 2.05) is 6.07 Å². The van der Waals surface area contributed by atoms with Gasteiger partial charge in [-0.15, -0.1) is 11.3 Å². The third kappa shape index (κ3) is 3.34. The zero-order valence-electron chi connectivity index (χ0n) is 14.2. The van der Waals surface area contributed by atoms with Crippen molar-refractivity contribution < 1.29 is 14.0 Å². The number of hydrogen-bond donors (Lipinski definition) is 2. The largest absolute Gasteiger partial charge is 0.323 e. The molecule has 136 valence electrons. The van der Waals surface area contributed by atoms with Crippen LogP contribution in [0, 0.1) is 5.82 Å². The summed E-state index contributed by atoms with van der Waals surface area (Å²) in [5.74, 6) is -0.595. The van der Waals surface area contributed by atoms with Gasteiger partial charge in [-0.3, -0.25) is 14.5 Å². The maximum Gasteiger partial charge on any atom is 0.230 e. The van der Waals surface area contributed by atoms with E-state index in [1.165, 1.54) is 11.3 Å². The van der Waals surface area contributed by atoms with Gasteiger partial charge >= 0.3 is 0 Å². The molecule has 2 aliphatic rings. The Hall–Kier alpha value is -2.32. The van der Waals surface area contributed by atoms with Crippen molar-refractivity contribution in [3.63, 3.8) is 0 Å². The minimum absolute atomic E-state index is 0.0522. The van der Waals surface area contributed by atoms with Gasteiger partial charge in [0.2, 0.25) is 11.8 Å². The number of halogens is 1. The molecule has 0 radical (unpaired) electrons. The molecule has 0 bridgehead atoms. The first-order valence-corrected chi connectivity index (χ1v) is 9.55. The van der Waals surface area contributed by atoms with Crippen LogP contribution in [0.1, 0.15) is 29.7 Å². The fourth-order valence-electron chi connectivity index (χ4n) is 3.34. The van der Waals surface area contributed by atoms with Crippen LogP contribution in [0.15, 0.2) is 17.5 Å². The summed E-state index contributed by atoms with van der Waals surface area (Å²) in [6, 6.07) is 3.45. The molecule has 0 spiro atoms. The van der Waals surface area contributed by atoms with E-state index >= 15 is 0 Å². The van der Waals surface area contributed by atoms with Gasteiger partial charge in [0, 0.05) is 24.9 Å². The van der Waals surface area contributed by atoms with Crippen LogP contribution in [0.2, 0.25) is 0 Å². The summed E-state index contributed by atoms with van der Waals surface area (Å²) in [6.45, 7) is 2.06. The second kappa shape index (κ2) is 7.13. The van der Waals surface area contributed by atoms with Crippen LogP contribution >= 0.6 is 11.3 Å². The summed E-state index contributed by atoms with van der Waals surface area (Å²) in [7, 11) is 0. The molecule has 2 aliphatic heterocycles. The molecule has 0 saturated carbocycles. The van der Waals surface area contributed by atoms with Gasteiger partial charge in [-0.1, -0.05) is 6.07 Å². The zero-order chi connectivity index (χ0) is 18.1. The molecule has 3 heterocycles. The highest BCUT2D eigenvalue weighted by atomic mass is 32.1. The molecule has 2 amide bonds. The van der Waals surface area contributed by atoms with Crippen LogP contribution in [0.25, 0.3) is 0 Å². The third-order valence-electron chi connectivity index (χ3n) is 4.67. The standard InChI is InChI=1S/C18H19FN4O2S/c19-17-13-5-6-20-9-11(13)3-4-14(17)22-15(24)8-12-10-26-18(21-12)23-7-1-2-16(23)25/h3-4,10,20H,1-2,5-9H2,(H,22,24). The summed E-state index contributed by atoms with van der Waals surface area (Å²) in [5, 5.41) is 8.25. The molecule has 2 aromatic rings. The van der Waals surface area contributed by atoms with Gasteiger partial charge in [0.1, 0.15) is 5.82 Å². The minimum Gasteiger partial charge on any atom is -0.323 e. The lowest BCUT2D eigenvalue weighted by molar-refractivity contribution is -0.117. The van der Waals surface area contributed by atoms with Gasteiger partial charge in [-0.25, -0.2) is 9.37 Å². The monoisotopic (exact) mass is 374 g/mol. The Morgan fingerprint density at radius 3 is 3.08 bits per heavy atom. The highest BCUT2D eigenvalue weighted by Crippen LogP contribution is 2.27. The predicted molar refractivity (Wildman–Crippen MR) is 97.8 cm³/mol. The fraction of sp³-hybridized carbons (Fsp3) is 0.389. The number of rotatable bonds is 4. The SMILES string of the molecule is O=C(Cc1csc(N2CCCC2=O)n1)Nc1ccc2c(c1F)CCNC2. The molecule has 6 nitrogen and oxygen atoms in total. The number of amides is 2. The molecular weight excluding hydrogens is 355 g/mol. The van der Waals surface area contributed by atoms with Crippen LogP contribution in [0.4, 0.5) is 15.2 Å². The number of aromatic nitrogens is 1. The number of hydrogen-bond acceptors (Lipinski definition) is 5. The Morgan fingerprint density at radius 2 is 2.27 bits per heavy atom. The molecule has 1 saturated heterocycles. The van der Waals surface area contributed by atoms with Crippen molar-refractivity contribution in [3.8, 4) is 0 Å². The number of carbonyl (C=O) groups is 2. The summed E-state index contributed by atoms with van der Waals surface area (Å²) in [4.78, 5) is 30.1. The number of anilines is 2. The van der Waals surface area contributed by atoms with Gasteiger partial charge in [0.05, 0.1) is 17.8 Å². The Labute approximate surface area is 154 Å². The second-order valence-corrected chi connectivity index (χ2v) is 7.32. The van der Waals surface area contributed by atoms with Crippen molar-refractivity contribution in [2.45, 2.75) is 32.2 Å². The Kier molecular flexibility index (Phi) is 4.69. The van der Waals surface area contributed by atoms with E-state index in [9.17, 15) is 14.0 Å². The van der Waals surface area contributed by atoms with Gasteiger partial charge in [-0.05, 0) is 36.6 Å². The van der Waals surface area contributed by atoms with Crippen LogP contribution in [0.5, 0.6) is 0 Å². The molecule has 1 fully saturated rings. The van der Waals surface area contributed by atoms with E-state index in [2.05, 4.69) is 15.6 Å². The van der Waals surface area contributed by atoms with E-state index < -0.39 is 0 Å². The highest BCUT2D eigenvalue weighted by Gasteiger charge is 2.24. The highest BCUT2D eigenvalue weighted by molar-refractivity contribution is 7.14. The van der Waals surface area contributed by atoms with E-state index in [4.69, 9.17) is 0 Å². The van der Waals surface area contributed by atoms with E-state index in [0.717, 1.165) is 18.5 Å². The maximum atomic E-state index is 14.6. The molecule has 0 aliphatic carbocycles. The van der Waals surface area contributed by atoms with Crippen molar-refractivity contribution in [2.24, 2.45) is 0 Å². The molecule has 2 N–H and O–H groups in total. The lowest BCUT2D eigenvalue weighted by Crippen LogP contribution is -2.25. The van der Waals surface area contributed by atoms with E-state index in [0.29, 0.717) is 42.3 Å². The fourth-order valence-corrected chi connectivity index (χ4v) is 4.21. The Morgan fingerprint density at radius 1 is 1.38 bits per heavy atom. The van der Waals surface area contributed by atoms with Gasteiger partial charge < -0.3 is 10.6 Å². The van der Waals surface area contributed by atoms with E-state index in [1.54, 1.807) is 16.3 Å². The molecule has 1 aromatic heterocycles. The van der Waals surface area contributed by atoms with Crippen molar-refractivity contribution in [2.75, 3.05) is 23.3 Å². The number of nitrogens with zero attached hydrogens (tertiary/aromatic N) is 2. The number of nitrogens with one attached hydrogen (secondary N) is 2. The lowest BCUT2D eigenvalue weighted by Gasteiger charge is -2.19. The van der Waals surface area contributed by atoms with E-state index in [-0.39, 0.29) is 29.7 Å². The quantitative estimate of drug-likeness (QED) is 0.861. The van der Waals surface area contributed by atoms with Crippen LogP contribution < -0.4 is 15.5 Å². The molecule has 1 aromatic carbocycles. The topological polar surface area (TPSA) is 74.3 Å². The number of fused-ring (bicyclic) bond motifs is 1. The molecule has 4 rings (SSSR count). The van der Waals surface area contributed by atoms with Crippen molar-refractivity contribution in [1.29, 1.82) is 0 Å². The summed E-state index contributed by atoms with van der Waals surface area (Å²) >= 11 is 1.35. The normalized spacial score (nSPS) is 16.7. The molecule has 0 atom stereocenters. The summed E-state index contributed by atoms with van der Waals surface area (Å²) in [6.07, 6.45) is 2.05. The third-order valence-corrected chi connectivity index (χ3v) is 5.58. The Balaban J connectivity index is 1.43. The van der Waals surface area contributed by atoms with Crippen LogP contribution in [-0.2, 0) is 29.0 Å². The van der Waals surface area contributed by atoms with Crippen molar-refractivity contribution >= 4 is 34.0 Å². The van der Waals surface area contributed by atoms with Crippen molar-refractivity contribution in [3.05, 3.63) is 40.2 Å². The summed E-state index contributed by atoms with van der Waals surface area (Å²) in [5.41, 5.74) is 2.40. The first kappa shape index (κ1) is 17.1.